The van der Waals surface area contributed by atoms with Crippen LogP contribution < -0.4 is 4.90 Å². The Morgan fingerprint density at radius 2 is 1.73 bits per heavy atom. The zero-order valence-corrected chi connectivity index (χ0v) is 23.1. The van der Waals surface area contributed by atoms with Gasteiger partial charge in [0.05, 0.1) is 18.4 Å². The van der Waals surface area contributed by atoms with Gasteiger partial charge >= 0.3 is 0 Å². The predicted octanol–water partition coefficient (Wildman–Crippen LogP) is 3.03. The van der Waals surface area contributed by atoms with E-state index in [-0.39, 0.29) is 24.3 Å². The molecule has 0 spiro atoms. The van der Waals surface area contributed by atoms with Crippen molar-refractivity contribution in [2.24, 2.45) is 5.92 Å². The van der Waals surface area contributed by atoms with E-state index < -0.39 is 0 Å². The number of rotatable bonds is 6. The van der Waals surface area contributed by atoms with Crippen LogP contribution in [0.4, 0.5) is 5.13 Å². The second-order valence-corrected chi connectivity index (χ2v) is 11.6. The molecule has 10 heteroatoms. The van der Waals surface area contributed by atoms with Crippen molar-refractivity contribution >= 4 is 33.2 Å². The average molecular weight is 524 g/mol. The molecule has 2 aliphatic rings. The lowest BCUT2D eigenvalue weighted by atomic mass is 9.95. The Hall–Kier alpha value is -2.98. The highest BCUT2D eigenvalue weighted by Crippen LogP contribution is 2.30. The number of benzene rings is 1. The van der Waals surface area contributed by atoms with Crippen LogP contribution in [-0.2, 0) is 9.59 Å². The molecule has 2 aliphatic heterocycles. The van der Waals surface area contributed by atoms with Crippen LogP contribution >= 0.6 is 11.3 Å². The highest BCUT2D eigenvalue weighted by atomic mass is 32.1. The van der Waals surface area contributed by atoms with E-state index in [1.807, 2.05) is 15.6 Å². The number of amides is 2. The number of piperidine rings is 1. The summed E-state index contributed by atoms with van der Waals surface area (Å²) in [6.07, 6.45) is 3.52. The minimum atomic E-state index is -0.0500. The highest BCUT2D eigenvalue weighted by molar-refractivity contribution is 7.20. The van der Waals surface area contributed by atoms with Gasteiger partial charge in [-0.1, -0.05) is 49.4 Å². The maximum Gasteiger partial charge on any atom is 0.242 e. The van der Waals surface area contributed by atoms with Gasteiger partial charge in [0.1, 0.15) is 0 Å². The number of carbonyl (C=O) groups is 2. The first-order valence-electron chi connectivity index (χ1n) is 13.2. The minimum Gasteiger partial charge on any atom is -0.347 e. The summed E-state index contributed by atoms with van der Waals surface area (Å²) in [5.41, 5.74) is 3.34. The number of piperazine rings is 1. The fraction of sp³-hybridized carbons (Fsp3) is 0.556. The molecule has 0 radical (unpaired) electrons. The number of hydrogen-bond donors (Lipinski definition) is 0. The van der Waals surface area contributed by atoms with Crippen molar-refractivity contribution in [3.8, 4) is 11.3 Å². The van der Waals surface area contributed by atoms with Gasteiger partial charge in [-0.15, -0.1) is 5.10 Å². The summed E-state index contributed by atoms with van der Waals surface area (Å²) in [6.45, 7) is 9.34. The number of fused-ring (bicyclic) bond motifs is 1. The van der Waals surface area contributed by atoms with E-state index in [9.17, 15) is 9.59 Å². The lowest BCUT2D eigenvalue weighted by Gasteiger charge is -2.35. The number of hydrogen-bond acceptors (Lipinski definition) is 7. The average Bonchev–Trinajstić information content (AvgIpc) is 3.48. The standard InChI is InChI=1S/C27H37N7O2S/c1-19(2)20-5-7-21(8-6-20)23-17-34-26(28-23)37-27(29-34)33-11-9-22(10-12-33)25(36)31(4)18-24(35)32-15-13-30(3)14-16-32/h5-8,17,19,22H,9-16,18H2,1-4H3. The second-order valence-electron chi connectivity index (χ2n) is 10.7. The van der Waals surface area contributed by atoms with Crippen molar-refractivity contribution in [2.45, 2.75) is 32.6 Å². The van der Waals surface area contributed by atoms with Crippen molar-refractivity contribution in [2.75, 3.05) is 64.8 Å². The molecule has 2 amide bonds. The molecule has 0 aliphatic carbocycles. The SMILES string of the molecule is CC(C)c1ccc(-c2cn3nc(N4CCC(C(=O)N(C)CC(=O)N5CCN(C)CC5)CC4)sc3n2)cc1. The molecule has 0 saturated carbocycles. The van der Waals surface area contributed by atoms with Crippen molar-refractivity contribution in [3.05, 3.63) is 36.0 Å². The Morgan fingerprint density at radius 3 is 2.35 bits per heavy atom. The topological polar surface area (TPSA) is 77.3 Å². The van der Waals surface area contributed by atoms with Crippen LogP contribution in [0.2, 0.25) is 0 Å². The maximum absolute atomic E-state index is 13.0. The molecule has 9 nitrogen and oxygen atoms in total. The van der Waals surface area contributed by atoms with Crippen LogP contribution in [0.3, 0.4) is 0 Å². The largest absolute Gasteiger partial charge is 0.347 e. The monoisotopic (exact) mass is 523 g/mol. The van der Waals surface area contributed by atoms with Gasteiger partial charge in [0.15, 0.2) is 0 Å². The van der Waals surface area contributed by atoms with Gasteiger partial charge in [-0.25, -0.2) is 9.50 Å². The predicted molar refractivity (Wildman–Crippen MR) is 147 cm³/mol. The lowest BCUT2D eigenvalue weighted by Crippen LogP contribution is -2.51. The molecular formula is C27H37N7O2S. The molecule has 0 N–H and O–H groups in total. The van der Waals surface area contributed by atoms with Crippen molar-refractivity contribution in [1.29, 1.82) is 0 Å². The van der Waals surface area contributed by atoms with Crippen LogP contribution in [-0.4, -0.2) is 101 Å². The van der Waals surface area contributed by atoms with Crippen molar-refractivity contribution in [1.82, 2.24) is 29.3 Å². The van der Waals surface area contributed by atoms with Crippen molar-refractivity contribution in [3.63, 3.8) is 0 Å². The molecule has 1 aromatic carbocycles. The fourth-order valence-electron chi connectivity index (χ4n) is 5.06. The zero-order chi connectivity index (χ0) is 26.1. The first-order chi connectivity index (χ1) is 17.8. The van der Waals surface area contributed by atoms with E-state index in [2.05, 4.69) is 55.0 Å². The molecule has 5 rings (SSSR count). The quantitative estimate of drug-likeness (QED) is 0.494. The van der Waals surface area contributed by atoms with Gasteiger partial charge in [-0.2, -0.15) is 0 Å². The first kappa shape index (κ1) is 25.7. The summed E-state index contributed by atoms with van der Waals surface area (Å²) in [7, 11) is 3.82. The fourth-order valence-corrected chi connectivity index (χ4v) is 6.00. The smallest absolute Gasteiger partial charge is 0.242 e. The summed E-state index contributed by atoms with van der Waals surface area (Å²) in [5.74, 6) is 0.575. The van der Waals surface area contributed by atoms with Crippen molar-refractivity contribution < 1.29 is 9.59 Å². The molecule has 198 valence electrons. The molecular weight excluding hydrogens is 486 g/mol. The molecule has 4 heterocycles. The molecule has 2 saturated heterocycles. The highest BCUT2D eigenvalue weighted by Gasteiger charge is 2.30. The third kappa shape index (κ3) is 5.65. The minimum absolute atomic E-state index is 0.0442. The normalized spacial score (nSPS) is 17.6. The molecule has 0 atom stereocenters. The summed E-state index contributed by atoms with van der Waals surface area (Å²) in [6, 6.07) is 8.58. The number of aromatic nitrogens is 3. The molecule has 2 aromatic heterocycles. The summed E-state index contributed by atoms with van der Waals surface area (Å²) in [4.78, 5) is 39.3. The van der Waals surface area contributed by atoms with E-state index in [1.165, 1.54) is 5.56 Å². The molecule has 37 heavy (non-hydrogen) atoms. The van der Waals surface area contributed by atoms with E-state index in [1.54, 1.807) is 23.3 Å². The third-order valence-electron chi connectivity index (χ3n) is 7.62. The van der Waals surface area contributed by atoms with E-state index in [0.717, 1.165) is 73.5 Å². The van der Waals surface area contributed by atoms with Gasteiger partial charge in [0.25, 0.3) is 0 Å². The molecule has 3 aromatic rings. The van der Waals surface area contributed by atoms with Gasteiger partial charge < -0.3 is 19.6 Å². The lowest BCUT2D eigenvalue weighted by molar-refractivity contribution is -0.142. The number of nitrogens with zero attached hydrogens (tertiary/aromatic N) is 7. The van der Waals surface area contributed by atoms with E-state index in [4.69, 9.17) is 10.1 Å². The molecule has 0 unspecified atom stereocenters. The molecule has 0 bridgehead atoms. The Bertz CT molecular complexity index is 1200. The number of carbonyl (C=O) groups excluding carboxylic acids is 2. The van der Waals surface area contributed by atoms with Crippen LogP contribution in [0.25, 0.3) is 16.2 Å². The third-order valence-corrected chi connectivity index (χ3v) is 8.61. The second kappa shape index (κ2) is 10.8. The van der Waals surface area contributed by atoms with Gasteiger partial charge in [-0.3, -0.25) is 9.59 Å². The number of imidazole rings is 1. The maximum atomic E-state index is 13.0. The Labute approximate surface area is 222 Å². The summed E-state index contributed by atoms with van der Waals surface area (Å²) in [5, 5.41) is 5.72. The van der Waals surface area contributed by atoms with E-state index >= 15 is 0 Å². The molecule has 2 fully saturated rings. The van der Waals surface area contributed by atoms with E-state index in [0.29, 0.717) is 5.92 Å². The van der Waals surface area contributed by atoms with Gasteiger partial charge in [0, 0.05) is 57.8 Å². The van der Waals surface area contributed by atoms with Crippen LogP contribution in [0, 0.1) is 5.92 Å². The number of anilines is 1. The Balaban J connectivity index is 1.14. The van der Waals surface area contributed by atoms with Crippen LogP contribution in [0.1, 0.15) is 38.2 Å². The summed E-state index contributed by atoms with van der Waals surface area (Å²) < 4.78 is 1.86. The van der Waals surface area contributed by atoms with Gasteiger partial charge in [-0.05, 0) is 31.4 Å². The number of likely N-dealkylation sites (N-methyl/N-ethyl adjacent to an activating group) is 2. The van der Waals surface area contributed by atoms with Gasteiger partial charge in [0.2, 0.25) is 21.9 Å². The first-order valence-corrected chi connectivity index (χ1v) is 14.0. The zero-order valence-electron chi connectivity index (χ0n) is 22.3. The Morgan fingerprint density at radius 1 is 1.05 bits per heavy atom. The van der Waals surface area contributed by atoms with Crippen LogP contribution in [0.5, 0.6) is 0 Å². The van der Waals surface area contributed by atoms with Crippen LogP contribution in [0.15, 0.2) is 30.5 Å². The summed E-state index contributed by atoms with van der Waals surface area (Å²) >= 11 is 1.59. The Kier molecular flexibility index (Phi) is 7.48.